The molecule has 0 fully saturated rings. The van der Waals surface area contributed by atoms with Gasteiger partial charge in [-0.1, -0.05) is 18.2 Å². The van der Waals surface area contributed by atoms with E-state index in [-0.39, 0.29) is 12.5 Å². The molecular formula is C15H15N5O. The summed E-state index contributed by atoms with van der Waals surface area (Å²) in [5, 5.41) is 8.13. The Balaban J connectivity index is 1.55. The molecule has 6 heteroatoms. The molecule has 0 spiro atoms. The predicted molar refractivity (Wildman–Crippen MR) is 78.5 cm³/mol. The summed E-state index contributed by atoms with van der Waals surface area (Å²) in [5.74, 6) is -0.0623. The first-order chi connectivity index (χ1) is 10.3. The van der Waals surface area contributed by atoms with Gasteiger partial charge in [0.2, 0.25) is 5.91 Å². The fourth-order valence-electron chi connectivity index (χ4n) is 2.13. The number of carbonyl (C=O) groups is 1. The second kappa shape index (κ2) is 6.13. The minimum absolute atomic E-state index is 0.0623. The molecule has 0 atom stereocenters. The number of rotatable bonds is 5. The third kappa shape index (κ3) is 3.22. The molecule has 0 bridgehead atoms. The highest BCUT2D eigenvalue weighted by molar-refractivity contribution is 5.81. The van der Waals surface area contributed by atoms with Crippen molar-refractivity contribution in [2.24, 2.45) is 0 Å². The second-order valence-electron chi connectivity index (χ2n) is 4.66. The van der Waals surface area contributed by atoms with Crippen molar-refractivity contribution in [3.8, 4) is 0 Å². The fourth-order valence-corrected chi connectivity index (χ4v) is 2.13. The number of nitrogens with one attached hydrogen (secondary N) is 1. The van der Waals surface area contributed by atoms with Crippen LogP contribution in [0.1, 0.15) is 5.69 Å². The Hall–Kier alpha value is -2.76. The van der Waals surface area contributed by atoms with Crippen molar-refractivity contribution in [3.63, 3.8) is 0 Å². The summed E-state index contributed by atoms with van der Waals surface area (Å²) in [6.07, 6.45) is 7.41. The monoisotopic (exact) mass is 281 g/mol. The van der Waals surface area contributed by atoms with Crippen molar-refractivity contribution < 1.29 is 4.79 Å². The van der Waals surface area contributed by atoms with Crippen molar-refractivity contribution in [2.45, 2.75) is 13.0 Å². The summed E-state index contributed by atoms with van der Waals surface area (Å²) < 4.78 is 1.70. The number of benzene rings is 1. The number of nitrogens with zero attached hydrogens (tertiary/aromatic N) is 4. The third-order valence-electron chi connectivity index (χ3n) is 3.16. The maximum absolute atomic E-state index is 11.9. The zero-order valence-electron chi connectivity index (χ0n) is 11.4. The lowest BCUT2D eigenvalue weighted by atomic mass is 10.2. The molecule has 1 amide bonds. The molecule has 2 aromatic heterocycles. The molecule has 0 saturated carbocycles. The minimum Gasteiger partial charge on any atom is -0.354 e. The van der Waals surface area contributed by atoms with Crippen LogP contribution in [-0.2, 0) is 17.8 Å². The maximum atomic E-state index is 11.9. The third-order valence-corrected chi connectivity index (χ3v) is 3.16. The summed E-state index contributed by atoms with van der Waals surface area (Å²) >= 11 is 0. The predicted octanol–water partition coefficient (Wildman–Crippen LogP) is 1.19. The Labute approximate surface area is 121 Å². The lowest BCUT2D eigenvalue weighted by Crippen LogP contribution is -2.29. The smallest absolute Gasteiger partial charge is 0.241 e. The molecule has 2 heterocycles. The lowest BCUT2D eigenvalue weighted by molar-refractivity contribution is -0.121. The Morgan fingerprint density at radius 3 is 2.95 bits per heavy atom. The van der Waals surface area contributed by atoms with Gasteiger partial charge in [-0.2, -0.15) is 5.10 Å². The van der Waals surface area contributed by atoms with E-state index in [2.05, 4.69) is 20.4 Å². The Morgan fingerprint density at radius 1 is 1.19 bits per heavy atom. The van der Waals surface area contributed by atoms with Crippen molar-refractivity contribution in [1.82, 2.24) is 25.1 Å². The molecule has 0 aliphatic heterocycles. The van der Waals surface area contributed by atoms with Gasteiger partial charge < -0.3 is 5.32 Å². The van der Waals surface area contributed by atoms with Gasteiger partial charge in [0, 0.05) is 36.9 Å². The topological polar surface area (TPSA) is 72.7 Å². The highest BCUT2D eigenvalue weighted by Gasteiger charge is 2.06. The normalized spacial score (nSPS) is 10.7. The van der Waals surface area contributed by atoms with Crippen LogP contribution < -0.4 is 5.32 Å². The molecule has 1 N–H and O–H groups in total. The number of hydrogen-bond acceptors (Lipinski definition) is 4. The van der Waals surface area contributed by atoms with Gasteiger partial charge in [-0.25, -0.2) is 0 Å². The van der Waals surface area contributed by atoms with E-state index in [1.54, 1.807) is 29.5 Å². The average Bonchev–Trinajstić information content (AvgIpc) is 2.92. The molecule has 0 radical (unpaired) electrons. The molecule has 0 unspecified atom stereocenters. The maximum Gasteiger partial charge on any atom is 0.241 e. The van der Waals surface area contributed by atoms with Crippen molar-refractivity contribution >= 4 is 16.8 Å². The SMILES string of the molecule is O=C(Cn1ncc2ccccc21)NCCc1cnccn1. The first kappa shape index (κ1) is 13.2. The van der Waals surface area contributed by atoms with Crippen LogP contribution >= 0.6 is 0 Å². The van der Waals surface area contributed by atoms with Gasteiger partial charge in [-0.3, -0.25) is 19.4 Å². The van der Waals surface area contributed by atoms with E-state index in [0.717, 1.165) is 16.6 Å². The Kier molecular flexibility index (Phi) is 3.86. The van der Waals surface area contributed by atoms with E-state index < -0.39 is 0 Å². The first-order valence-corrected chi connectivity index (χ1v) is 6.75. The number of hydrogen-bond donors (Lipinski definition) is 1. The van der Waals surface area contributed by atoms with Crippen LogP contribution in [0.5, 0.6) is 0 Å². The summed E-state index contributed by atoms with van der Waals surface area (Å²) in [7, 11) is 0. The van der Waals surface area contributed by atoms with Gasteiger partial charge in [-0.15, -0.1) is 0 Å². The summed E-state index contributed by atoms with van der Waals surface area (Å²) in [5.41, 5.74) is 1.82. The van der Waals surface area contributed by atoms with E-state index in [1.807, 2.05) is 24.3 Å². The van der Waals surface area contributed by atoms with Crippen molar-refractivity contribution in [1.29, 1.82) is 0 Å². The fraction of sp³-hybridized carbons (Fsp3) is 0.200. The van der Waals surface area contributed by atoms with Crippen LogP contribution in [0, 0.1) is 0 Å². The largest absolute Gasteiger partial charge is 0.354 e. The van der Waals surface area contributed by atoms with Gasteiger partial charge in [0.25, 0.3) is 0 Å². The van der Waals surface area contributed by atoms with Crippen LogP contribution in [0.15, 0.2) is 49.1 Å². The van der Waals surface area contributed by atoms with Gasteiger partial charge >= 0.3 is 0 Å². The van der Waals surface area contributed by atoms with E-state index in [9.17, 15) is 4.79 Å². The standard InChI is InChI=1S/C15H15N5O/c21-15(18-6-5-13-10-16-7-8-17-13)11-20-14-4-2-1-3-12(14)9-19-20/h1-4,7-10H,5-6,11H2,(H,18,21). The number of carbonyl (C=O) groups excluding carboxylic acids is 1. The van der Waals surface area contributed by atoms with Gasteiger partial charge in [0.1, 0.15) is 6.54 Å². The summed E-state index contributed by atoms with van der Waals surface area (Å²) in [6.45, 7) is 0.755. The second-order valence-corrected chi connectivity index (χ2v) is 4.66. The highest BCUT2D eigenvalue weighted by Crippen LogP contribution is 2.11. The van der Waals surface area contributed by atoms with Crippen LogP contribution in [-0.4, -0.2) is 32.2 Å². The van der Waals surface area contributed by atoms with E-state index in [4.69, 9.17) is 0 Å². The highest BCUT2D eigenvalue weighted by atomic mass is 16.2. The van der Waals surface area contributed by atoms with Crippen LogP contribution in [0.2, 0.25) is 0 Å². The zero-order valence-corrected chi connectivity index (χ0v) is 11.4. The average molecular weight is 281 g/mol. The number of amides is 1. The number of aromatic nitrogens is 4. The molecule has 1 aromatic carbocycles. The molecule has 21 heavy (non-hydrogen) atoms. The lowest BCUT2D eigenvalue weighted by Gasteiger charge is -2.06. The molecule has 0 saturated heterocycles. The molecule has 0 aliphatic rings. The summed E-state index contributed by atoms with van der Waals surface area (Å²) in [4.78, 5) is 20.1. The number of fused-ring (bicyclic) bond motifs is 1. The zero-order chi connectivity index (χ0) is 14.5. The molecule has 3 rings (SSSR count). The molecule has 0 aliphatic carbocycles. The Morgan fingerprint density at radius 2 is 2.10 bits per heavy atom. The Bertz CT molecular complexity index is 738. The van der Waals surface area contributed by atoms with Crippen LogP contribution in [0.25, 0.3) is 10.9 Å². The van der Waals surface area contributed by atoms with Crippen molar-refractivity contribution in [3.05, 3.63) is 54.7 Å². The van der Waals surface area contributed by atoms with E-state index >= 15 is 0 Å². The van der Waals surface area contributed by atoms with E-state index in [1.165, 1.54) is 0 Å². The van der Waals surface area contributed by atoms with Gasteiger partial charge in [-0.05, 0) is 6.07 Å². The first-order valence-electron chi connectivity index (χ1n) is 6.75. The molecule has 106 valence electrons. The quantitative estimate of drug-likeness (QED) is 0.762. The minimum atomic E-state index is -0.0623. The van der Waals surface area contributed by atoms with Gasteiger partial charge in [0.05, 0.1) is 17.4 Å². The van der Waals surface area contributed by atoms with Crippen molar-refractivity contribution in [2.75, 3.05) is 6.54 Å². The van der Waals surface area contributed by atoms with Crippen LogP contribution in [0.4, 0.5) is 0 Å². The van der Waals surface area contributed by atoms with E-state index in [0.29, 0.717) is 13.0 Å². The molecule has 6 nitrogen and oxygen atoms in total. The van der Waals surface area contributed by atoms with Gasteiger partial charge in [0.15, 0.2) is 0 Å². The molecular weight excluding hydrogens is 266 g/mol. The summed E-state index contributed by atoms with van der Waals surface area (Å²) in [6, 6.07) is 7.82. The molecule has 3 aromatic rings. The number of para-hydroxylation sites is 1. The van der Waals surface area contributed by atoms with Crippen LogP contribution in [0.3, 0.4) is 0 Å².